The first-order chi connectivity index (χ1) is 11.5. The lowest BCUT2D eigenvalue weighted by molar-refractivity contribution is -0.116. The summed E-state index contributed by atoms with van der Waals surface area (Å²) in [6.07, 6.45) is 0.205. The minimum atomic E-state index is -0.246. The van der Waals surface area contributed by atoms with Gasteiger partial charge in [0.1, 0.15) is 0 Å². The van der Waals surface area contributed by atoms with Crippen LogP contribution in [0.2, 0.25) is 0 Å². The first-order valence-electron chi connectivity index (χ1n) is 8.50. The van der Waals surface area contributed by atoms with Crippen molar-refractivity contribution in [3.05, 3.63) is 29.3 Å². The first-order valence-corrected chi connectivity index (χ1v) is 8.50. The molecule has 0 spiro atoms. The maximum atomic E-state index is 12.1. The van der Waals surface area contributed by atoms with Crippen LogP contribution < -0.4 is 5.32 Å². The molecule has 0 atom stereocenters. The SMILES string of the molecule is CCOC(=O)N1CCN(CCC(=O)Nc2ccc(C)c(C)c2)CC1. The van der Waals surface area contributed by atoms with Gasteiger partial charge in [0.15, 0.2) is 0 Å². The molecular formula is C18H27N3O3. The number of carbonyl (C=O) groups excluding carboxylic acids is 2. The molecule has 0 unspecified atom stereocenters. The number of nitrogens with zero attached hydrogens (tertiary/aromatic N) is 2. The van der Waals surface area contributed by atoms with E-state index in [2.05, 4.69) is 17.1 Å². The molecule has 1 fully saturated rings. The van der Waals surface area contributed by atoms with Gasteiger partial charge in [-0.25, -0.2) is 4.79 Å². The van der Waals surface area contributed by atoms with Gasteiger partial charge in [-0.15, -0.1) is 0 Å². The summed E-state index contributed by atoms with van der Waals surface area (Å²) >= 11 is 0. The molecule has 0 radical (unpaired) electrons. The second-order valence-corrected chi connectivity index (χ2v) is 6.12. The van der Waals surface area contributed by atoms with Crippen LogP contribution in [0.25, 0.3) is 0 Å². The molecular weight excluding hydrogens is 306 g/mol. The Morgan fingerprint density at radius 3 is 2.46 bits per heavy atom. The van der Waals surface area contributed by atoms with E-state index in [1.54, 1.807) is 4.90 Å². The Balaban J connectivity index is 1.71. The summed E-state index contributed by atoms with van der Waals surface area (Å²) < 4.78 is 5.00. The highest BCUT2D eigenvalue weighted by atomic mass is 16.6. The third-order valence-electron chi connectivity index (χ3n) is 4.34. The second-order valence-electron chi connectivity index (χ2n) is 6.12. The summed E-state index contributed by atoms with van der Waals surface area (Å²) in [5.74, 6) is 0.0195. The molecule has 1 N–H and O–H groups in total. The van der Waals surface area contributed by atoms with Crippen LogP contribution in [0.1, 0.15) is 24.5 Å². The normalized spacial score (nSPS) is 15.2. The molecule has 1 heterocycles. The summed E-state index contributed by atoms with van der Waals surface area (Å²) in [6, 6.07) is 5.93. The fourth-order valence-corrected chi connectivity index (χ4v) is 2.67. The summed E-state index contributed by atoms with van der Waals surface area (Å²) in [5.41, 5.74) is 3.23. The molecule has 1 aromatic rings. The summed E-state index contributed by atoms with van der Waals surface area (Å²) in [5, 5.41) is 2.94. The van der Waals surface area contributed by atoms with E-state index in [4.69, 9.17) is 4.74 Å². The van der Waals surface area contributed by atoms with E-state index in [9.17, 15) is 9.59 Å². The molecule has 2 amide bonds. The third kappa shape index (κ3) is 5.23. The molecule has 0 aromatic heterocycles. The smallest absolute Gasteiger partial charge is 0.409 e. The molecule has 1 saturated heterocycles. The topological polar surface area (TPSA) is 61.9 Å². The van der Waals surface area contributed by atoms with Crippen LogP contribution in [0.3, 0.4) is 0 Å². The Morgan fingerprint density at radius 1 is 1.12 bits per heavy atom. The van der Waals surface area contributed by atoms with Crippen molar-refractivity contribution in [2.24, 2.45) is 0 Å². The highest BCUT2D eigenvalue weighted by Crippen LogP contribution is 2.14. The minimum absolute atomic E-state index is 0.0195. The van der Waals surface area contributed by atoms with Crippen molar-refractivity contribution >= 4 is 17.7 Å². The number of ether oxygens (including phenoxy) is 1. The van der Waals surface area contributed by atoms with Gasteiger partial charge in [0.2, 0.25) is 5.91 Å². The number of hydrogen-bond donors (Lipinski definition) is 1. The lowest BCUT2D eigenvalue weighted by atomic mass is 10.1. The lowest BCUT2D eigenvalue weighted by Gasteiger charge is -2.33. The van der Waals surface area contributed by atoms with E-state index in [0.717, 1.165) is 18.8 Å². The van der Waals surface area contributed by atoms with Crippen LogP contribution in [-0.4, -0.2) is 61.1 Å². The Labute approximate surface area is 143 Å². The van der Waals surface area contributed by atoms with Crippen LogP contribution >= 0.6 is 0 Å². The van der Waals surface area contributed by atoms with E-state index in [1.165, 1.54) is 11.1 Å². The number of carbonyl (C=O) groups is 2. The van der Waals surface area contributed by atoms with Gasteiger partial charge in [-0.2, -0.15) is 0 Å². The first kappa shape index (κ1) is 18.3. The van der Waals surface area contributed by atoms with Gasteiger partial charge in [-0.05, 0) is 44.0 Å². The zero-order valence-corrected chi connectivity index (χ0v) is 14.8. The van der Waals surface area contributed by atoms with Crippen molar-refractivity contribution in [2.45, 2.75) is 27.2 Å². The van der Waals surface area contributed by atoms with Crippen molar-refractivity contribution < 1.29 is 14.3 Å². The van der Waals surface area contributed by atoms with Crippen molar-refractivity contribution in [1.29, 1.82) is 0 Å². The van der Waals surface area contributed by atoms with Gasteiger partial charge >= 0.3 is 6.09 Å². The fraction of sp³-hybridized carbons (Fsp3) is 0.556. The Bertz CT molecular complexity index is 581. The Kier molecular flexibility index (Phi) is 6.61. The molecule has 6 nitrogen and oxygen atoms in total. The van der Waals surface area contributed by atoms with E-state index in [0.29, 0.717) is 32.7 Å². The predicted octanol–water partition coefficient (Wildman–Crippen LogP) is 2.41. The molecule has 1 aliphatic heterocycles. The lowest BCUT2D eigenvalue weighted by Crippen LogP contribution is -2.49. The maximum absolute atomic E-state index is 12.1. The number of aryl methyl sites for hydroxylation is 2. The zero-order chi connectivity index (χ0) is 17.5. The number of rotatable bonds is 5. The van der Waals surface area contributed by atoms with E-state index in [1.807, 2.05) is 32.0 Å². The van der Waals surface area contributed by atoms with E-state index in [-0.39, 0.29) is 12.0 Å². The average Bonchev–Trinajstić information content (AvgIpc) is 2.57. The van der Waals surface area contributed by atoms with Gasteiger partial charge < -0.3 is 15.0 Å². The number of benzene rings is 1. The summed E-state index contributed by atoms with van der Waals surface area (Å²) in [6.45, 7) is 9.85. The maximum Gasteiger partial charge on any atom is 0.409 e. The fourth-order valence-electron chi connectivity index (χ4n) is 2.67. The van der Waals surface area contributed by atoms with Crippen molar-refractivity contribution in [1.82, 2.24) is 9.80 Å². The third-order valence-corrected chi connectivity index (χ3v) is 4.34. The van der Waals surface area contributed by atoms with Gasteiger partial charge in [0.25, 0.3) is 0 Å². The summed E-state index contributed by atoms with van der Waals surface area (Å²) in [7, 11) is 0. The van der Waals surface area contributed by atoms with Gasteiger partial charge in [0, 0.05) is 44.8 Å². The molecule has 1 aromatic carbocycles. The molecule has 24 heavy (non-hydrogen) atoms. The quantitative estimate of drug-likeness (QED) is 0.899. The monoisotopic (exact) mass is 333 g/mol. The van der Waals surface area contributed by atoms with Crippen LogP contribution in [0.15, 0.2) is 18.2 Å². The number of nitrogens with one attached hydrogen (secondary N) is 1. The highest BCUT2D eigenvalue weighted by Gasteiger charge is 2.21. The van der Waals surface area contributed by atoms with Crippen molar-refractivity contribution in [3.63, 3.8) is 0 Å². The Morgan fingerprint density at radius 2 is 1.83 bits per heavy atom. The standard InChI is InChI=1S/C18H27N3O3/c1-4-24-18(23)21-11-9-20(10-12-21)8-7-17(22)19-16-6-5-14(2)15(3)13-16/h5-6,13H,4,7-12H2,1-3H3,(H,19,22). The number of hydrogen-bond acceptors (Lipinski definition) is 4. The van der Waals surface area contributed by atoms with E-state index < -0.39 is 0 Å². The number of amides is 2. The molecule has 132 valence electrons. The van der Waals surface area contributed by atoms with Crippen LogP contribution in [0, 0.1) is 13.8 Å². The van der Waals surface area contributed by atoms with E-state index >= 15 is 0 Å². The predicted molar refractivity (Wildman–Crippen MR) is 94.2 cm³/mol. The van der Waals surface area contributed by atoms with Crippen LogP contribution in [-0.2, 0) is 9.53 Å². The molecule has 0 saturated carbocycles. The molecule has 1 aliphatic rings. The van der Waals surface area contributed by atoms with Crippen molar-refractivity contribution in [3.8, 4) is 0 Å². The number of piperazine rings is 1. The molecule has 0 bridgehead atoms. The van der Waals surface area contributed by atoms with Crippen LogP contribution in [0.5, 0.6) is 0 Å². The zero-order valence-electron chi connectivity index (χ0n) is 14.8. The van der Waals surface area contributed by atoms with Gasteiger partial charge in [-0.3, -0.25) is 9.69 Å². The molecule has 6 heteroatoms. The average molecular weight is 333 g/mol. The summed E-state index contributed by atoms with van der Waals surface area (Å²) in [4.78, 5) is 27.7. The Hall–Kier alpha value is -2.08. The number of anilines is 1. The highest BCUT2D eigenvalue weighted by molar-refractivity contribution is 5.90. The molecule has 2 rings (SSSR count). The molecule has 0 aliphatic carbocycles. The van der Waals surface area contributed by atoms with Crippen molar-refractivity contribution in [2.75, 3.05) is 44.6 Å². The second kappa shape index (κ2) is 8.68. The van der Waals surface area contributed by atoms with Crippen LogP contribution in [0.4, 0.5) is 10.5 Å². The minimum Gasteiger partial charge on any atom is -0.450 e. The van der Waals surface area contributed by atoms with Gasteiger partial charge in [0.05, 0.1) is 6.61 Å². The largest absolute Gasteiger partial charge is 0.450 e. The van der Waals surface area contributed by atoms with Gasteiger partial charge in [-0.1, -0.05) is 6.07 Å².